The minimum Gasteiger partial charge on any atom is -0.303 e. The molecule has 0 N–H and O–H groups in total. The number of hydrogen-bond donors (Lipinski definition) is 0. The number of carbonyl (C=O) groups is 1. The van der Waals surface area contributed by atoms with Gasteiger partial charge >= 0.3 is 0 Å². The maximum atomic E-state index is 12.8. The molecular weight excluding hydrogens is 450 g/mol. The van der Waals surface area contributed by atoms with Crippen LogP contribution in [0, 0.1) is 5.41 Å². The Kier molecular flexibility index (Phi) is 8.39. The molecular formula is C35H45NO. The van der Waals surface area contributed by atoms with E-state index in [1.54, 1.807) is 0 Å². The molecule has 4 rings (SSSR count). The van der Waals surface area contributed by atoms with Crippen molar-refractivity contribution < 1.29 is 4.79 Å². The van der Waals surface area contributed by atoms with Gasteiger partial charge in [-0.25, -0.2) is 0 Å². The molecule has 0 amide bonds. The van der Waals surface area contributed by atoms with Gasteiger partial charge in [0.2, 0.25) is 0 Å². The normalized spacial score (nSPS) is 16.5. The van der Waals surface area contributed by atoms with Crippen molar-refractivity contribution >= 4 is 5.78 Å². The van der Waals surface area contributed by atoms with Crippen LogP contribution in [-0.4, -0.2) is 30.3 Å². The van der Waals surface area contributed by atoms with E-state index in [-0.39, 0.29) is 16.6 Å². The molecule has 0 saturated carbocycles. The summed E-state index contributed by atoms with van der Waals surface area (Å²) in [6, 6.07) is 30.3. The van der Waals surface area contributed by atoms with Crippen molar-refractivity contribution in [2.75, 3.05) is 19.6 Å². The zero-order chi connectivity index (χ0) is 26.5. The SMILES string of the molecule is CC1(CC(C)(c2ccccc2)c2ccccc2)CCN(CCCC(=O)c2ccc(C(C)(C)C)cc2)CC1. The summed E-state index contributed by atoms with van der Waals surface area (Å²) in [5, 5.41) is 0. The zero-order valence-electron chi connectivity index (χ0n) is 23.6. The second-order valence-corrected chi connectivity index (χ2v) is 12.7. The van der Waals surface area contributed by atoms with Crippen LogP contribution in [-0.2, 0) is 10.8 Å². The van der Waals surface area contributed by atoms with Crippen LogP contribution < -0.4 is 0 Å². The quantitative estimate of drug-likeness (QED) is 0.278. The van der Waals surface area contributed by atoms with E-state index < -0.39 is 0 Å². The number of piperidine rings is 1. The van der Waals surface area contributed by atoms with Gasteiger partial charge < -0.3 is 4.90 Å². The van der Waals surface area contributed by atoms with Crippen LogP contribution in [0.2, 0.25) is 0 Å². The maximum Gasteiger partial charge on any atom is 0.162 e. The fourth-order valence-electron chi connectivity index (χ4n) is 6.09. The lowest BCUT2D eigenvalue weighted by Gasteiger charge is -2.45. The summed E-state index contributed by atoms with van der Waals surface area (Å²) in [5.74, 6) is 0.267. The predicted octanol–water partition coefficient (Wildman–Crippen LogP) is 8.45. The standard InChI is InChI=1S/C35H45NO/c1-33(2,3)29-20-18-28(19-21-29)32(37)17-12-24-36-25-22-34(4,23-26-36)27-35(5,30-13-8-6-9-14-30)31-15-10-7-11-16-31/h6-11,13-16,18-21H,12,17,22-27H2,1-5H3. The number of nitrogens with zero attached hydrogens (tertiary/aromatic N) is 1. The van der Waals surface area contributed by atoms with Crippen molar-refractivity contribution in [1.82, 2.24) is 4.90 Å². The van der Waals surface area contributed by atoms with Gasteiger partial charge in [0.1, 0.15) is 0 Å². The van der Waals surface area contributed by atoms with Gasteiger partial charge in [-0.3, -0.25) is 4.79 Å². The number of carbonyl (C=O) groups excluding carboxylic acids is 1. The van der Waals surface area contributed by atoms with Crippen LogP contribution in [0.1, 0.15) is 93.8 Å². The first-order valence-electron chi connectivity index (χ1n) is 14.1. The van der Waals surface area contributed by atoms with Crippen molar-refractivity contribution in [3.8, 4) is 0 Å². The molecule has 0 spiro atoms. The number of benzene rings is 3. The fraction of sp³-hybridized carbons (Fsp3) is 0.457. The minimum atomic E-state index is -0.00556. The van der Waals surface area contributed by atoms with Gasteiger partial charge in [-0.1, -0.05) is 120 Å². The molecule has 0 bridgehead atoms. The van der Waals surface area contributed by atoms with E-state index >= 15 is 0 Å². The molecule has 1 aliphatic rings. The van der Waals surface area contributed by atoms with Gasteiger partial charge in [0, 0.05) is 17.4 Å². The third-order valence-electron chi connectivity index (χ3n) is 8.62. The molecule has 1 fully saturated rings. The highest BCUT2D eigenvalue weighted by atomic mass is 16.1. The Morgan fingerprint density at radius 2 is 1.27 bits per heavy atom. The first-order valence-corrected chi connectivity index (χ1v) is 14.1. The molecule has 37 heavy (non-hydrogen) atoms. The molecule has 1 heterocycles. The lowest BCUT2D eigenvalue weighted by atomic mass is 9.63. The van der Waals surface area contributed by atoms with Gasteiger partial charge in [0.25, 0.3) is 0 Å². The van der Waals surface area contributed by atoms with Gasteiger partial charge in [-0.2, -0.15) is 0 Å². The first-order chi connectivity index (χ1) is 17.6. The molecule has 3 aromatic rings. The summed E-state index contributed by atoms with van der Waals surface area (Å²) in [4.78, 5) is 15.3. The Balaban J connectivity index is 1.31. The third kappa shape index (κ3) is 6.79. The number of hydrogen-bond acceptors (Lipinski definition) is 2. The van der Waals surface area contributed by atoms with E-state index in [1.807, 2.05) is 12.1 Å². The molecule has 0 unspecified atom stereocenters. The first kappa shape index (κ1) is 27.3. The Hall–Kier alpha value is -2.71. The average Bonchev–Trinajstić information content (AvgIpc) is 2.90. The molecule has 2 nitrogen and oxygen atoms in total. The Labute approximate surface area is 225 Å². The summed E-state index contributed by atoms with van der Waals surface area (Å²) in [7, 11) is 0. The fourth-order valence-corrected chi connectivity index (χ4v) is 6.09. The molecule has 0 aromatic heterocycles. The molecule has 3 aromatic carbocycles. The number of Topliss-reactive ketones (excluding diaryl/α,β-unsaturated/α-hetero) is 1. The second kappa shape index (κ2) is 11.4. The molecule has 196 valence electrons. The second-order valence-electron chi connectivity index (χ2n) is 12.7. The van der Waals surface area contributed by atoms with Crippen molar-refractivity contribution in [1.29, 1.82) is 0 Å². The van der Waals surface area contributed by atoms with Crippen LogP contribution in [0.25, 0.3) is 0 Å². The third-order valence-corrected chi connectivity index (χ3v) is 8.62. The van der Waals surface area contributed by atoms with E-state index in [9.17, 15) is 4.79 Å². The molecule has 0 radical (unpaired) electrons. The highest BCUT2D eigenvalue weighted by Crippen LogP contribution is 2.46. The summed E-state index contributed by atoms with van der Waals surface area (Å²) >= 11 is 0. The largest absolute Gasteiger partial charge is 0.303 e. The topological polar surface area (TPSA) is 20.3 Å². The monoisotopic (exact) mass is 495 g/mol. The van der Waals surface area contributed by atoms with E-state index in [0.29, 0.717) is 11.8 Å². The van der Waals surface area contributed by atoms with Gasteiger partial charge in [-0.15, -0.1) is 0 Å². The Morgan fingerprint density at radius 3 is 1.76 bits per heavy atom. The molecule has 1 aliphatic heterocycles. The maximum absolute atomic E-state index is 12.8. The van der Waals surface area contributed by atoms with E-state index in [1.165, 1.54) is 29.5 Å². The Morgan fingerprint density at radius 1 is 0.757 bits per heavy atom. The lowest BCUT2D eigenvalue weighted by Crippen LogP contribution is -2.42. The highest BCUT2D eigenvalue weighted by molar-refractivity contribution is 5.96. The van der Waals surface area contributed by atoms with Gasteiger partial charge in [0.05, 0.1) is 0 Å². The van der Waals surface area contributed by atoms with E-state index in [0.717, 1.165) is 38.0 Å². The van der Waals surface area contributed by atoms with E-state index in [2.05, 4.69) is 112 Å². The van der Waals surface area contributed by atoms with Crippen molar-refractivity contribution in [2.45, 2.75) is 77.6 Å². The van der Waals surface area contributed by atoms with Gasteiger partial charge in [-0.05, 0) is 72.8 Å². The van der Waals surface area contributed by atoms with Crippen molar-refractivity contribution in [3.63, 3.8) is 0 Å². The molecule has 0 aliphatic carbocycles. The number of likely N-dealkylation sites (tertiary alicyclic amines) is 1. The minimum absolute atomic E-state index is 0.00556. The predicted molar refractivity (Wildman–Crippen MR) is 156 cm³/mol. The van der Waals surface area contributed by atoms with Crippen LogP contribution in [0.5, 0.6) is 0 Å². The summed E-state index contributed by atoms with van der Waals surface area (Å²) in [6.07, 6.45) is 5.10. The van der Waals surface area contributed by atoms with Crippen LogP contribution >= 0.6 is 0 Å². The molecule has 0 atom stereocenters. The number of ketones is 1. The van der Waals surface area contributed by atoms with E-state index in [4.69, 9.17) is 0 Å². The molecule has 2 heteroatoms. The lowest BCUT2D eigenvalue weighted by molar-refractivity contribution is 0.0886. The summed E-state index contributed by atoms with van der Waals surface area (Å²) in [5.41, 5.74) is 5.33. The zero-order valence-corrected chi connectivity index (χ0v) is 23.6. The average molecular weight is 496 g/mol. The number of rotatable bonds is 9. The van der Waals surface area contributed by atoms with Crippen LogP contribution in [0.3, 0.4) is 0 Å². The van der Waals surface area contributed by atoms with Crippen LogP contribution in [0.15, 0.2) is 84.9 Å². The highest BCUT2D eigenvalue weighted by Gasteiger charge is 2.39. The van der Waals surface area contributed by atoms with Crippen LogP contribution in [0.4, 0.5) is 0 Å². The smallest absolute Gasteiger partial charge is 0.162 e. The molecule has 1 saturated heterocycles. The van der Waals surface area contributed by atoms with Crippen molar-refractivity contribution in [2.24, 2.45) is 5.41 Å². The summed E-state index contributed by atoms with van der Waals surface area (Å²) < 4.78 is 0. The van der Waals surface area contributed by atoms with Gasteiger partial charge in [0.15, 0.2) is 5.78 Å². The Bertz CT molecular complexity index is 1090. The summed E-state index contributed by atoms with van der Waals surface area (Å²) in [6.45, 7) is 14.8. The van der Waals surface area contributed by atoms with Crippen molar-refractivity contribution in [3.05, 3.63) is 107 Å².